The van der Waals surface area contributed by atoms with Crippen LogP contribution >= 0.6 is 0 Å². The molecule has 1 aromatic heterocycles. The molecule has 0 saturated carbocycles. The van der Waals surface area contributed by atoms with E-state index in [2.05, 4.69) is 15.3 Å². The van der Waals surface area contributed by atoms with Crippen LogP contribution in [-0.4, -0.2) is 93.6 Å². The third-order valence-corrected chi connectivity index (χ3v) is 7.02. The Morgan fingerprint density at radius 1 is 1.11 bits per heavy atom. The molecular weight excluding hydrogens is 493 g/mol. The normalized spacial score (nSPS) is 21.8. The predicted molar refractivity (Wildman–Crippen MR) is 141 cm³/mol. The number of ether oxygens (including phenoxy) is 1. The number of carboxylic acids is 1. The third-order valence-electron chi connectivity index (χ3n) is 7.02. The van der Waals surface area contributed by atoms with Gasteiger partial charge in [-0.2, -0.15) is 0 Å². The zero-order chi connectivity index (χ0) is 28.6. The van der Waals surface area contributed by atoms with Gasteiger partial charge in [0.1, 0.15) is 17.7 Å². The van der Waals surface area contributed by atoms with Crippen molar-refractivity contribution in [3.8, 4) is 0 Å². The van der Waals surface area contributed by atoms with E-state index < -0.39 is 48.1 Å². The zero-order valence-electron chi connectivity index (χ0n) is 23.8. The van der Waals surface area contributed by atoms with Gasteiger partial charge in [0.15, 0.2) is 0 Å². The van der Waals surface area contributed by atoms with E-state index in [1.54, 1.807) is 51.9 Å². The van der Waals surface area contributed by atoms with Gasteiger partial charge < -0.3 is 34.3 Å². The quantitative estimate of drug-likeness (QED) is 0.516. The molecule has 12 nitrogen and oxygen atoms in total. The van der Waals surface area contributed by atoms with Gasteiger partial charge in [-0.15, -0.1) is 0 Å². The average molecular weight is 533 g/mol. The molecule has 2 aliphatic heterocycles. The van der Waals surface area contributed by atoms with Gasteiger partial charge in [0.2, 0.25) is 11.9 Å². The van der Waals surface area contributed by atoms with Crippen molar-refractivity contribution in [1.82, 2.24) is 20.2 Å². The molecule has 3 heterocycles. The average Bonchev–Trinajstić information content (AvgIpc) is 3.02. The number of amides is 2. The van der Waals surface area contributed by atoms with E-state index in [0.717, 1.165) is 0 Å². The number of hydrogen-bond donors (Lipinski definition) is 2. The Morgan fingerprint density at radius 3 is 2.13 bits per heavy atom. The van der Waals surface area contributed by atoms with Crippen LogP contribution in [0.25, 0.3) is 0 Å². The lowest BCUT2D eigenvalue weighted by atomic mass is 9.81. The van der Waals surface area contributed by atoms with E-state index in [1.165, 1.54) is 4.90 Å². The minimum Gasteiger partial charge on any atom is -0.480 e. The standard InChI is InChI=1S/C25H40BN5O7/c1-15(2)18(29-22(35)36-23(3,4)5)19(32)30-10-11-31(17(14-30)20(33)34)21-27-12-16(13-28-21)26-37-24(6,7)25(8,9)38-26/h12-13,15,17-18H,10-11,14H2,1-9H3,(H,29,35)(H,33,34)/t17-,18-/m0/s1. The van der Waals surface area contributed by atoms with Gasteiger partial charge >= 0.3 is 19.2 Å². The van der Waals surface area contributed by atoms with E-state index in [4.69, 9.17) is 14.0 Å². The fourth-order valence-electron chi connectivity index (χ4n) is 4.16. The van der Waals surface area contributed by atoms with E-state index in [0.29, 0.717) is 5.46 Å². The van der Waals surface area contributed by atoms with Crippen LogP contribution in [0.15, 0.2) is 12.4 Å². The van der Waals surface area contributed by atoms with Crippen LogP contribution in [0.1, 0.15) is 62.3 Å². The van der Waals surface area contributed by atoms with Gasteiger partial charge in [0.05, 0.1) is 17.7 Å². The van der Waals surface area contributed by atoms with Gasteiger partial charge in [0.25, 0.3) is 0 Å². The van der Waals surface area contributed by atoms with E-state index in [1.807, 2.05) is 27.7 Å². The topological polar surface area (TPSA) is 143 Å². The fourth-order valence-corrected chi connectivity index (χ4v) is 4.16. The van der Waals surface area contributed by atoms with Crippen molar-refractivity contribution in [3.05, 3.63) is 12.4 Å². The summed E-state index contributed by atoms with van der Waals surface area (Å²) in [5.74, 6) is -1.48. The summed E-state index contributed by atoms with van der Waals surface area (Å²) in [6.07, 6.45) is 2.44. The van der Waals surface area contributed by atoms with Gasteiger partial charge in [-0.3, -0.25) is 4.79 Å². The molecule has 0 aromatic carbocycles. The molecule has 1 aromatic rings. The summed E-state index contributed by atoms with van der Waals surface area (Å²) in [4.78, 5) is 49.7. The van der Waals surface area contributed by atoms with E-state index >= 15 is 0 Å². The number of rotatable bonds is 6. The van der Waals surface area contributed by atoms with Crippen molar-refractivity contribution in [1.29, 1.82) is 0 Å². The molecular formula is C25H40BN5O7. The number of aliphatic carboxylic acids is 1. The van der Waals surface area contributed by atoms with Crippen molar-refractivity contribution >= 4 is 36.5 Å². The van der Waals surface area contributed by atoms with Crippen LogP contribution < -0.4 is 15.7 Å². The highest BCUT2D eigenvalue weighted by atomic mass is 16.7. The predicted octanol–water partition coefficient (Wildman–Crippen LogP) is 1.43. The minimum atomic E-state index is -1.11. The SMILES string of the molecule is CC(C)[C@H](NC(=O)OC(C)(C)C)C(=O)N1CCN(c2ncc(B3OC(C)(C)C(C)(C)O3)cn2)[C@H](C(=O)O)C1. The van der Waals surface area contributed by atoms with Crippen LogP contribution in [0.5, 0.6) is 0 Å². The summed E-state index contributed by atoms with van der Waals surface area (Å²) in [6.45, 7) is 17.0. The number of carbonyl (C=O) groups excluding carboxylic acids is 2. The van der Waals surface area contributed by atoms with E-state index in [9.17, 15) is 19.5 Å². The Balaban J connectivity index is 1.71. The second kappa shape index (κ2) is 10.7. The Bertz CT molecular complexity index is 1030. The first kappa shape index (κ1) is 29.6. The highest BCUT2D eigenvalue weighted by Crippen LogP contribution is 2.36. The highest BCUT2D eigenvalue weighted by Gasteiger charge is 2.52. The first-order valence-electron chi connectivity index (χ1n) is 12.9. The lowest BCUT2D eigenvalue weighted by Gasteiger charge is -2.41. The number of nitrogens with one attached hydrogen (secondary N) is 1. The Kier molecular flexibility index (Phi) is 8.33. The molecule has 0 unspecified atom stereocenters. The summed E-state index contributed by atoms with van der Waals surface area (Å²) < 4.78 is 17.4. The number of anilines is 1. The minimum absolute atomic E-state index is 0.0876. The zero-order valence-corrected chi connectivity index (χ0v) is 23.8. The molecule has 2 atom stereocenters. The van der Waals surface area contributed by atoms with Crippen molar-refractivity contribution in [2.45, 2.75) is 91.2 Å². The summed E-state index contributed by atoms with van der Waals surface area (Å²) in [7, 11) is -0.635. The van der Waals surface area contributed by atoms with Crippen LogP contribution in [0.4, 0.5) is 10.7 Å². The van der Waals surface area contributed by atoms with Gasteiger partial charge in [-0.1, -0.05) is 13.8 Å². The van der Waals surface area contributed by atoms with Crippen molar-refractivity contribution in [3.63, 3.8) is 0 Å². The summed E-state index contributed by atoms with van der Waals surface area (Å²) in [5, 5.41) is 12.6. The first-order valence-corrected chi connectivity index (χ1v) is 12.9. The Labute approximate surface area is 224 Å². The summed E-state index contributed by atoms with van der Waals surface area (Å²) in [5.41, 5.74) is -1.12. The molecule has 0 radical (unpaired) electrons. The maximum atomic E-state index is 13.3. The molecule has 2 N–H and O–H groups in total. The van der Waals surface area contributed by atoms with Gasteiger partial charge in [-0.25, -0.2) is 19.6 Å². The Hall–Kier alpha value is -2.93. The van der Waals surface area contributed by atoms with Crippen LogP contribution in [0, 0.1) is 5.92 Å². The van der Waals surface area contributed by atoms with Crippen molar-refractivity contribution < 1.29 is 33.5 Å². The van der Waals surface area contributed by atoms with Crippen molar-refractivity contribution in [2.75, 3.05) is 24.5 Å². The van der Waals surface area contributed by atoms with Crippen LogP contribution in [-0.2, 0) is 23.6 Å². The number of carbonyl (C=O) groups is 3. The molecule has 2 aliphatic rings. The van der Waals surface area contributed by atoms with Gasteiger partial charge in [-0.05, 0) is 54.4 Å². The molecule has 0 aliphatic carbocycles. The third kappa shape index (κ3) is 6.55. The summed E-state index contributed by atoms with van der Waals surface area (Å²) in [6, 6.07) is -1.92. The fraction of sp³-hybridized carbons (Fsp3) is 0.720. The van der Waals surface area contributed by atoms with Crippen LogP contribution in [0.2, 0.25) is 0 Å². The number of alkyl carbamates (subject to hydrolysis) is 1. The lowest BCUT2D eigenvalue weighted by molar-refractivity contribution is -0.142. The Morgan fingerprint density at radius 2 is 1.66 bits per heavy atom. The number of carboxylic acid groups (broad SMARTS) is 1. The van der Waals surface area contributed by atoms with Crippen LogP contribution in [0.3, 0.4) is 0 Å². The molecule has 2 fully saturated rings. The second-order valence-electron chi connectivity index (χ2n) is 12.1. The van der Waals surface area contributed by atoms with Gasteiger partial charge in [0, 0.05) is 30.9 Å². The molecule has 2 amide bonds. The number of nitrogens with zero attached hydrogens (tertiary/aromatic N) is 4. The lowest BCUT2D eigenvalue weighted by Crippen LogP contribution is -2.62. The smallest absolute Gasteiger partial charge is 0.480 e. The molecule has 3 rings (SSSR count). The molecule has 0 bridgehead atoms. The maximum Gasteiger partial charge on any atom is 0.498 e. The number of aromatic nitrogens is 2. The highest BCUT2D eigenvalue weighted by molar-refractivity contribution is 6.61. The first-order chi connectivity index (χ1) is 17.4. The second-order valence-corrected chi connectivity index (χ2v) is 12.1. The number of piperazine rings is 1. The summed E-state index contributed by atoms with van der Waals surface area (Å²) >= 11 is 0. The molecule has 210 valence electrons. The molecule has 38 heavy (non-hydrogen) atoms. The monoisotopic (exact) mass is 533 g/mol. The molecule has 13 heteroatoms. The molecule has 0 spiro atoms. The largest absolute Gasteiger partial charge is 0.498 e. The number of hydrogen-bond acceptors (Lipinski definition) is 9. The maximum absolute atomic E-state index is 13.3. The van der Waals surface area contributed by atoms with E-state index in [-0.39, 0.29) is 37.4 Å². The molecule has 2 saturated heterocycles. The van der Waals surface area contributed by atoms with Crippen molar-refractivity contribution in [2.24, 2.45) is 5.92 Å².